The summed E-state index contributed by atoms with van der Waals surface area (Å²) in [5.74, 6) is 0.0809. The second-order valence-corrected chi connectivity index (χ2v) is 9.20. The van der Waals surface area contributed by atoms with Crippen LogP contribution in [0.4, 0.5) is 5.69 Å². The van der Waals surface area contributed by atoms with Gasteiger partial charge in [-0.15, -0.1) is 0 Å². The van der Waals surface area contributed by atoms with Gasteiger partial charge in [0, 0.05) is 21.3 Å². The molecule has 4 N–H and O–H groups in total. The van der Waals surface area contributed by atoms with Crippen molar-refractivity contribution in [2.75, 3.05) is 5.32 Å². The quantitative estimate of drug-likeness (QED) is 0.397. The fourth-order valence-electron chi connectivity index (χ4n) is 3.14. The molecular weight excluding hydrogens is 459 g/mol. The highest BCUT2D eigenvalue weighted by atomic mass is 35.5. The molecule has 0 saturated carbocycles. The van der Waals surface area contributed by atoms with Crippen LogP contribution in [0.1, 0.15) is 5.56 Å². The van der Waals surface area contributed by atoms with Gasteiger partial charge in [-0.1, -0.05) is 41.4 Å². The minimum absolute atomic E-state index is 0.0268. The molecule has 0 spiro atoms. The van der Waals surface area contributed by atoms with E-state index < -0.39 is 10.0 Å². The number of amides is 1. The summed E-state index contributed by atoms with van der Waals surface area (Å²) in [6.07, 6.45) is 0.0268. The van der Waals surface area contributed by atoms with E-state index in [1.807, 2.05) is 0 Å². The van der Waals surface area contributed by atoms with Crippen LogP contribution in [0.15, 0.2) is 65.6 Å². The SMILES string of the molecule is NS(=O)(=O)c1cc(NC(=O)Cc2ccccc2Cl)cc2nc(-c3ccc(Cl)cc3)[nH]c12. The van der Waals surface area contributed by atoms with E-state index in [-0.39, 0.29) is 28.4 Å². The topological polar surface area (TPSA) is 118 Å². The number of sulfonamides is 1. The Morgan fingerprint density at radius 3 is 2.45 bits per heavy atom. The lowest BCUT2D eigenvalue weighted by Crippen LogP contribution is -2.17. The normalized spacial score (nSPS) is 11.6. The van der Waals surface area contributed by atoms with E-state index in [1.165, 1.54) is 6.07 Å². The summed E-state index contributed by atoms with van der Waals surface area (Å²) in [4.78, 5) is 19.8. The number of H-pyrrole nitrogens is 1. The first-order valence-corrected chi connectivity index (χ1v) is 11.4. The number of fused-ring (bicyclic) bond motifs is 1. The molecule has 0 bridgehead atoms. The van der Waals surface area contributed by atoms with Gasteiger partial charge < -0.3 is 10.3 Å². The van der Waals surface area contributed by atoms with Crippen LogP contribution in [0.5, 0.6) is 0 Å². The number of nitrogens with two attached hydrogens (primary N) is 1. The second kappa shape index (κ2) is 8.32. The molecule has 0 atom stereocenters. The fourth-order valence-corrected chi connectivity index (χ4v) is 4.20. The summed E-state index contributed by atoms with van der Waals surface area (Å²) in [7, 11) is -4.09. The first-order valence-electron chi connectivity index (χ1n) is 9.06. The Morgan fingerprint density at radius 2 is 1.77 bits per heavy atom. The highest BCUT2D eigenvalue weighted by Crippen LogP contribution is 2.29. The molecule has 4 rings (SSSR count). The summed E-state index contributed by atoms with van der Waals surface area (Å²) in [5, 5.41) is 9.13. The molecule has 3 aromatic carbocycles. The molecule has 4 aromatic rings. The van der Waals surface area contributed by atoms with Crippen LogP contribution in [0, 0.1) is 0 Å². The lowest BCUT2D eigenvalue weighted by Gasteiger charge is -2.08. The molecule has 158 valence electrons. The number of halogens is 2. The number of nitrogens with one attached hydrogen (secondary N) is 2. The smallest absolute Gasteiger partial charge is 0.240 e. The molecule has 1 aromatic heterocycles. The van der Waals surface area contributed by atoms with E-state index in [0.717, 1.165) is 0 Å². The van der Waals surface area contributed by atoms with Gasteiger partial charge >= 0.3 is 0 Å². The Morgan fingerprint density at radius 1 is 1.06 bits per heavy atom. The van der Waals surface area contributed by atoms with Crippen molar-refractivity contribution >= 4 is 55.9 Å². The van der Waals surface area contributed by atoms with Crippen molar-refractivity contribution in [3.63, 3.8) is 0 Å². The zero-order valence-corrected chi connectivity index (χ0v) is 18.2. The molecule has 7 nitrogen and oxygen atoms in total. The molecular formula is C21H16Cl2N4O3S. The summed E-state index contributed by atoms with van der Waals surface area (Å²) in [6, 6.07) is 16.8. The number of aromatic amines is 1. The standard InChI is InChI=1S/C21H16Cl2N4O3S/c22-14-7-5-12(6-8-14)21-26-17-10-15(11-18(20(17)27-21)31(24,29)30)25-19(28)9-13-3-1-2-4-16(13)23/h1-8,10-11H,9H2,(H,25,28)(H,26,27)(H2,24,29,30). The van der Waals surface area contributed by atoms with Crippen LogP contribution >= 0.6 is 23.2 Å². The molecule has 0 aliphatic rings. The van der Waals surface area contributed by atoms with Crippen molar-refractivity contribution < 1.29 is 13.2 Å². The largest absolute Gasteiger partial charge is 0.337 e. The van der Waals surface area contributed by atoms with E-state index in [9.17, 15) is 13.2 Å². The fraction of sp³-hybridized carbons (Fsp3) is 0.0476. The third-order valence-electron chi connectivity index (χ3n) is 4.57. The first kappa shape index (κ1) is 21.3. The van der Waals surface area contributed by atoms with Crippen molar-refractivity contribution in [3.8, 4) is 11.4 Å². The zero-order chi connectivity index (χ0) is 22.2. The monoisotopic (exact) mass is 474 g/mol. The van der Waals surface area contributed by atoms with Crippen LogP contribution in [0.3, 0.4) is 0 Å². The maximum absolute atomic E-state index is 12.5. The van der Waals surface area contributed by atoms with Crippen LogP contribution < -0.4 is 10.5 Å². The lowest BCUT2D eigenvalue weighted by atomic mass is 10.1. The molecule has 1 heterocycles. The second-order valence-electron chi connectivity index (χ2n) is 6.82. The zero-order valence-electron chi connectivity index (χ0n) is 15.9. The molecule has 0 aliphatic heterocycles. The van der Waals surface area contributed by atoms with Gasteiger partial charge in [0.25, 0.3) is 0 Å². The Kier molecular flexibility index (Phi) is 5.72. The molecule has 0 fully saturated rings. The maximum atomic E-state index is 12.5. The Bertz CT molecular complexity index is 1400. The van der Waals surface area contributed by atoms with Gasteiger partial charge in [0.15, 0.2) is 0 Å². The van der Waals surface area contributed by atoms with Crippen molar-refractivity contribution in [1.82, 2.24) is 9.97 Å². The maximum Gasteiger partial charge on any atom is 0.240 e. The number of carbonyl (C=O) groups excluding carboxylic acids is 1. The molecule has 31 heavy (non-hydrogen) atoms. The number of imidazole rings is 1. The molecule has 0 aliphatic carbocycles. The van der Waals surface area contributed by atoms with Gasteiger partial charge in [-0.05, 0) is 48.0 Å². The average Bonchev–Trinajstić information content (AvgIpc) is 3.13. The van der Waals surface area contributed by atoms with Crippen molar-refractivity contribution in [3.05, 3.63) is 76.3 Å². The lowest BCUT2D eigenvalue weighted by molar-refractivity contribution is -0.115. The number of rotatable bonds is 5. The number of hydrogen-bond acceptors (Lipinski definition) is 4. The van der Waals surface area contributed by atoms with E-state index in [0.29, 0.717) is 32.5 Å². The predicted molar refractivity (Wildman–Crippen MR) is 122 cm³/mol. The van der Waals surface area contributed by atoms with Crippen LogP contribution in [0.2, 0.25) is 10.0 Å². The van der Waals surface area contributed by atoms with Crippen LogP contribution in [-0.4, -0.2) is 24.3 Å². The van der Waals surface area contributed by atoms with Gasteiger partial charge in [0.1, 0.15) is 10.7 Å². The third kappa shape index (κ3) is 4.72. The number of anilines is 1. The average molecular weight is 475 g/mol. The minimum atomic E-state index is -4.09. The molecule has 0 saturated heterocycles. The highest BCUT2D eigenvalue weighted by molar-refractivity contribution is 7.89. The van der Waals surface area contributed by atoms with Crippen LogP contribution in [-0.2, 0) is 21.2 Å². The Labute approximate surface area is 188 Å². The summed E-state index contributed by atoms with van der Waals surface area (Å²) < 4.78 is 24.4. The number of primary sulfonamides is 1. The summed E-state index contributed by atoms with van der Waals surface area (Å²) in [5.41, 5.74) is 2.20. The third-order valence-corrected chi connectivity index (χ3v) is 6.13. The molecule has 0 unspecified atom stereocenters. The molecule has 0 radical (unpaired) electrons. The predicted octanol–water partition coefficient (Wildman–Crippen LogP) is 4.37. The van der Waals surface area contributed by atoms with E-state index >= 15 is 0 Å². The Hall–Kier alpha value is -2.91. The number of benzene rings is 3. The number of aromatic nitrogens is 2. The Balaban J connectivity index is 1.72. The van der Waals surface area contributed by atoms with Gasteiger partial charge in [-0.3, -0.25) is 4.79 Å². The van der Waals surface area contributed by atoms with Crippen molar-refractivity contribution in [1.29, 1.82) is 0 Å². The summed E-state index contributed by atoms with van der Waals surface area (Å²) >= 11 is 12.0. The number of nitrogens with zero attached hydrogens (tertiary/aromatic N) is 1. The van der Waals surface area contributed by atoms with Gasteiger partial charge in [-0.25, -0.2) is 18.5 Å². The number of carbonyl (C=O) groups is 1. The molecule has 1 amide bonds. The van der Waals surface area contributed by atoms with Crippen molar-refractivity contribution in [2.24, 2.45) is 5.14 Å². The van der Waals surface area contributed by atoms with E-state index in [2.05, 4.69) is 15.3 Å². The summed E-state index contributed by atoms with van der Waals surface area (Å²) in [6.45, 7) is 0. The van der Waals surface area contributed by atoms with Gasteiger partial charge in [0.2, 0.25) is 15.9 Å². The van der Waals surface area contributed by atoms with Gasteiger partial charge in [-0.2, -0.15) is 0 Å². The first-order chi connectivity index (χ1) is 14.7. The van der Waals surface area contributed by atoms with E-state index in [1.54, 1.807) is 54.6 Å². The number of hydrogen-bond donors (Lipinski definition) is 3. The minimum Gasteiger partial charge on any atom is -0.337 e. The molecule has 10 heteroatoms. The van der Waals surface area contributed by atoms with Gasteiger partial charge in [0.05, 0.1) is 17.5 Å². The highest BCUT2D eigenvalue weighted by Gasteiger charge is 2.19. The van der Waals surface area contributed by atoms with E-state index in [4.69, 9.17) is 28.3 Å². The van der Waals surface area contributed by atoms with Crippen LogP contribution in [0.25, 0.3) is 22.4 Å². The van der Waals surface area contributed by atoms with Crippen molar-refractivity contribution in [2.45, 2.75) is 11.3 Å².